The number of esters is 1. The van der Waals surface area contributed by atoms with Crippen molar-refractivity contribution in [2.24, 2.45) is 0 Å². The van der Waals surface area contributed by atoms with Gasteiger partial charge < -0.3 is 19.7 Å². The van der Waals surface area contributed by atoms with Crippen LogP contribution >= 0.6 is 0 Å². The highest BCUT2D eigenvalue weighted by Gasteiger charge is 2.34. The van der Waals surface area contributed by atoms with E-state index in [9.17, 15) is 9.59 Å². The Kier molecular flexibility index (Phi) is 7.70. The first-order valence-electron chi connectivity index (χ1n) is 10.7. The molecule has 0 aliphatic carbocycles. The molecule has 1 aliphatic rings. The molecule has 164 valence electrons. The van der Waals surface area contributed by atoms with Crippen LogP contribution in [0.1, 0.15) is 50.3 Å². The molecule has 1 N–H and O–H groups in total. The van der Waals surface area contributed by atoms with Gasteiger partial charge in [-0.25, -0.2) is 9.59 Å². The first kappa shape index (κ1) is 22.4. The van der Waals surface area contributed by atoms with E-state index in [4.69, 9.17) is 9.47 Å². The number of unbranched alkanes of at least 4 members (excludes halogenated alkanes) is 2. The summed E-state index contributed by atoms with van der Waals surface area (Å²) in [5.74, 6) is 0.325. The zero-order valence-electron chi connectivity index (χ0n) is 18.4. The van der Waals surface area contributed by atoms with Gasteiger partial charge in [0.2, 0.25) is 0 Å². The van der Waals surface area contributed by atoms with Crippen LogP contribution in [0.25, 0.3) is 0 Å². The quantitative estimate of drug-likeness (QED) is 0.458. The zero-order valence-corrected chi connectivity index (χ0v) is 18.4. The topological polar surface area (TPSA) is 67.9 Å². The number of rotatable bonds is 9. The summed E-state index contributed by atoms with van der Waals surface area (Å²) in [6.45, 7) is 4.72. The van der Waals surface area contributed by atoms with Crippen molar-refractivity contribution in [2.45, 2.75) is 45.8 Å². The van der Waals surface area contributed by atoms with Crippen molar-refractivity contribution in [1.29, 1.82) is 0 Å². The summed E-state index contributed by atoms with van der Waals surface area (Å²) in [4.78, 5) is 26.7. The van der Waals surface area contributed by atoms with Gasteiger partial charge in [-0.3, -0.25) is 0 Å². The standard InChI is InChI=1S/C25H30N2O4/c1-4-5-9-16-30-24(28)22-18(2)27(3)25(29)26-23(22)20-12-14-21(15-13-20)31-17-19-10-7-6-8-11-19/h6-8,10-15,23H,4-5,9,16-17H2,1-3H3,(H,26,29)/t23-/m0/s1. The van der Waals surface area contributed by atoms with Gasteiger partial charge in [-0.1, -0.05) is 62.2 Å². The number of nitrogens with zero attached hydrogens (tertiary/aromatic N) is 1. The van der Waals surface area contributed by atoms with Gasteiger partial charge in [0.15, 0.2) is 0 Å². The van der Waals surface area contributed by atoms with E-state index >= 15 is 0 Å². The monoisotopic (exact) mass is 422 g/mol. The summed E-state index contributed by atoms with van der Waals surface area (Å²) in [5, 5.41) is 2.91. The average molecular weight is 423 g/mol. The number of allylic oxidation sites excluding steroid dienone is 1. The van der Waals surface area contributed by atoms with Crippen molar-refractivity contribution < 1.29 is 19.1 Å². The van der Waals surface area contributed by atoms with Crippen LogP contribution in [-0.2, 0) is 16.1 Å². The fourth-order valence-electron chi connectivity index (χ4n) is 3.44. The van der Waals surface area contributed by atoms with Gasteiger partial charge in [0.1, 0.15) is 12.4 Å². The number of urea groups is 1. The highest BCUT2D eigenvalue weighted by atomic mass is 16.5. The normalized spacial score (nSPS) is 16.2. The molecule has 2 aromatic rings. The van der Waals surface area contributed by atoms with E-state index in [-0.39, 0.29) is 6.03 Å². The molecule has 0 aromatic heterocycles. The minimum atomic E-state index is -0.564. The predicted octanol–water partition coefficient (Wildman–Crippen LogP) is 4.97. The Labute approximate surface area is 183 Å². The second-order valence-electron chi connectivity index (χ2n) is 7.63. The molecule has 1 aliphatic heterocycles. The summed E-state index contributed by atoms with van der Waals surface area (Å²) < 4.78 is 11.3. The first-order chi connectivity index (χ1) is 15.0. The van der Waals surface area contributed by atoms with Crippen LogP contribution in [0.2, 0.25) is 0 Å². The average Bonchev–Trinajstić information content (AvgIpc) is 2.79. The minimum Gasteiger partial charge on any atom is -0.489 e. The summed E-state index contributed by atoms with van der Waals surface area (Å²) in [6, 6.07) is 16.6. The number of benzene rings is 2. The fraction of sp³-hybridized carbons (Fsp3) is 0.360. The molecule has 2 aromatic carbocycles. The molecule has 0 saturated carbocycles. The maximum absolute atomic E-state index is 12.9. The van der Waals surface area contributed by atoms with Gasteiger partial charge in [0, 0.05) is 12.7 Å². The van der Waals surface area contributed by atoms with E-state index in [1.807, 2.05) is 54.6 Å². The molecular weight excluding hydrogens is 392 g/mol. The van der Waals surface area contributed by atoms with Gasteiger partial charge in [-0.15, -0.1) is 0 Å². The molecule has 0 unspecified atom stereocenters. The van der Waals surface area contributed by atoms with E-state index in [0.717, 1.165) is 36.1 Å². The smallest absolute Gasteiger partial charge is 0.338 e. The maximum Gasteiger partial charge on any atom is 0.338 e. The molecule has 0 fully saturated rings. The van der Waals surface area contributed by atoms with E-state index < -0.39 is 12.0 Å². The third kappa shape index (κ3) is 5.66. The predicted molar refractivity (Wildman–Crippen MR) is 119 cm³/mol. The third-order valence-electron chi connectivity index (χ3n) is 5.42. The van der Waals surface area contributed by atoms with Crippen LogP contribution in [-0.4, -0.2) is 30.6 Å². The van der Waals surface area contributed by atoms with Gasteiger partial charge in [-0.2, -0.15) is 0 Å². The molecule has 0 spiro atoms. The molecule has 1 atom stereocenters. The van der Waals surface area contributed by atoms with Gasteiger partial charge in [0.25, 0.3) is 0 Å². The Hall–Kier alpha value is -3.28. The Morgan fingerprint density at radius 2 is 1.77 bits per heavy atom. The van der Waals surface area contributed by atoms with Crippen molar-refractivity contribution in [3.05, 3.63) is 77.0 Å². The van der Waals surface area contributed by atoms with Gasteiger partial charge in [-0.05, 0) is 36.6 Å². The molecule has 0 saturated heterocycles. The van der Waals surface area contributed by atoms with Crippen molar-refractivity contribution >= 4 is 12.0 Å². The van der Waals surface area contributed by atoms with Crippen LogP contribution in [0, 0.1) is 0 Å². The second-order valence-corrected chi connectivity index (χ2v) is 7.63. The highest BCUT2D eigenvalue weighted by Crippen LogP contribution is 2.31. The van der Waals surface area contributed by atoms with Crippen molar-refractivity contribution in [3.63, 3.8) is 0 Å². The zero-order chi connectivity index (χ0) is 22.2. The van der Waals surface area contributed by atoms with Crippen molar-refractivity contribution in [1.82, 2.24) is 10.2 Å². The minimum absolute atomic E-state index is 0.255. The number of hydrogen-bond acceptors (Lipinski definition) is 4. The Morgan fingerprint density at radius 1 is 1.06 bits per heavy atom. The number of carbonyl (C=O) groups excluding carboxylic acids is 2. The Bertz CT molecular complexity index is 922. The van der Waals surface area contributed by atoms with Crippen molar-refractivity contribution in [2.75, 3.05) is 13.7 Å². The van der Waals surface area contributed by atoms with Gasteiger partial charge in [0.05, 0.1) is 18.2 Å². The largest absolute Gasteiger partial charge is 0.489 e. The molecular formula is C25H30N2O4. The third-order valence-corrected chi connectivity index (χ3v) is 5.42. The van der Waals surface area contributed by atoms with E-state index in [1.54, 1.807) is 14.0 Å². The number of carbonyl (C=O) groups is 2. The Morgan fingerprint density at radius 3 is 2.45 bits per heavy atom. The van der Waals surface area contributed by atoms with Crippen molar-refractivity contribution in [3.8, 4) is 5.75 Å². The van der Waals surface area contributed by atoms with Crippen LogP contribution in [0.4, 0.5) is 4.79 Å². The van der Waals surface area contributed by atoms with Crippen LogP contribution < -0.4 is 10.1 Å². The summed E-state index contributed by atoms with van der Waals surface area (Å²) in [7, 11) is 1.64. The lowest BCUT2D eigenvalue weighted by atomic mass is 9.95. The van der Waals surface area contributed by atoms with Crippen LogP contribution in [0.15, 0.2) is 65.9 Å². The number of hydrogen-bond donors (Lipinski definition) is 1. The highest BCUT2D eigenvalue weighted by molar-refractivity contribution is 5.95. The molecule has 0 bridgehead atoms. The van der Waals surface area contributed by atoms with Crippen LogP contribution in [0.3, 0.4) is 0 Å². The molecule has 2 amide bonds. The molecule has 0 radical (unpaired) electrons. The van der Waals surface area contributed by atoms with E-state index in [0.29, 0.717) is 24.5 Å². The molecule has 3 rings (SSSR count). The molecule has 1 heterocycles. The van der Waals surface area contributed by atoms with Gasteiger partial charge >= 0.3 is 12.0 Å². The lowest BCUT2D eigenvalue weighted by Gasteiger charge is -2.33. The summed E-state index contributed by atoms with van der Waals surface area (Å²) in [5.41, 5.74) is 2.93. The SMILES string of the molecule is CCCCCOC(=O)C1=C(C)N(C)C(=O)N[C@H]1c1ccc(OCc2ccccc2)cc1. The molecule has 6 heteroatoms. The summed E-state index contributed by atoms with van der Waals surface area (Å²) in [6.07, 6.45) is 2.89. The fourth-order valence-corrected chi connectivity index (χ4v) is 3.44. The lowest BCUT2D eigenvalue weighted by Crippen LogP contribution is -2.46. The molecule has 6 nitrogen and oxygen atoms in total. The summed E-state index contributed by atoms with van der Waals surface area (Å²) >= 11 is 0. The first-order valence-corrected chi connectivity index (χ1v) is 10.7. The number of amides is 2. The van der Waals surface area contributed by atoms with Crippen LogP contribution in [0.5, 0.6) is 5.75 Å². The molecule has 31 heavy (non-hydrogen) atoms. The maximum atomic E-state index is 12.9. The second kappa shape index (κ2) is 10.7. The van der Waals surface area contributed by atoms with E-state index in [1.165, 1.54) is 4.90 Å². The number of ether oxygens (including phenoxy) is 2. The Balaban J connectivity index is 1.74. The number of nitrogens with one attached hydrogen (secondary N) is 1. The van der Waals surface area contributed by atoms with E-state index in [2.05, 4.69) is 12.2 Å². The lowest BCUT2D eigenvalue weighted by molar-refractivity contribution is -0.139.